The lowest BCUT2D eigenvalue weighted by molar-refractivity contribution is 0.362. The smallest absolute Gasteiger partial charge is 0.323 e. The molecular weight excluding hydrogens is 213 g/mol. The normalized spacial score (nSPS) is 14.4. The van der Waals surface area contributed by atoms with Gasteiger partial charge in [0, 0.05) is 6.21 Å². The van der Waals surface area contributed by atoms with Gasteiger partial charge in [-0.15, -0.1) is 0 Å². The van der Waals surface area contributed by atoms with Crippen LogP contribution in [0.5, 0.6) is 0 Å². The summed E-state index contributed by atoms with van der Waals surface area (Å²) in [6, 6.07) is 7.55. The fraction of sp³-hybridized carbons (Fsp3) is 0.300. The number of benzene rings is 1. The SMILES string of the molecule is Cc1ccc(/C=N/[C@@H](C)P(=O)(O)O)cc1. The van der Waals surface area contributed by atoms with Gasteiger partial charge in [-0.05, 0) is 19.4 Å². The molecule has 0 unspecified atom stereocenters. The highest BCUT2D eigenvalue weighted by Crippen LogP contribution is 2.41. The van der Waals surface area contributed by atoms with Gasteiger partial charge in [-0.1, -0.05) is 29.8 Å². The highest BCUT2D eigenvalue weighted by Gasteiger charge is 2.21. The summed E-state index contributed by atoms with van der Waals surface area (Å²) in [5, 5.41) is 0. The van der Waals surface area contributed by atoms with Gasteiger partial charge in [0.2, 0.25) is 0 Å². The van der Waals surface area contributed by atoms with Crippen LogP contribution in [-0.2, 0) is 4.57 Å². The number of hydrogen-bond donors (Lipinski definition) is 2. The molecule has 0 aromatic heterocycles. The van der Waals surface area contributed by atoms with Crippen LogP contribution in [0.1, 0.15) is 18.1 Å². The Morgan fingerprint density at radius 2 is 1.87 bits per heavy atom. The standard InChI is InChI=1S/C10H14NO3P/c1-8-3-5-10(6-4-8)7-11-9(2)15(12,13)14/h3-7,9H,1-2H3,(H2,12,13,14)/b11-7+/t9-/m1/s1. The molecule has 0 fully saturated rings. The van der Waals surface area contributed by atoms with Crippen molar-refractivity contribution in [2.75, 3.05) is 0 Å². The quantitative estimate of drug-likeness (QED) is 0.612. The fourth-order valence-corrected chi connectivity index (χ4v) is 1.17. The molecule has 1 aromatic carbocycles. The van der Waals surface area contributed by atoms with Crippen molar-refractivity contribution in [1.29, 1.82) is 0 Å². The minimum Gasteiger partial charge on any atom is -0.323 e. The third-order valence-corrected chi connectivity index (χ3v) is 3.11. The van der Waals surface area contributed by atoms with E-state index in [-0.39, 0.29) is 0 Å². The lowest BCUT2D eigenvalue weighted by Gasteiger charge is -2.07. The molecule has 0 saturated heterocycles. The molecular formula is C10H14NO3P. The van der Waals surface area contributed by atoms with E-state index < -0.39 is 13.4 Å². The van der Waals surface area contributed by atoms with Gasteiger partial charge in [-0.3, -0.25) is 9.56 Å². The van der Waals surface area contributed by atoms with E-state index in [4.69, 9.17) is 9.79 Å². The van der Waals surface area contributed by atoms with E-state index >= 15 is 0 Å². The van der Waals surface area contributed by atoms with Gasteiger partial charge in [0.25, 0.3) is 0 Å². The highest BCUT2D eigenvalue weighted by molar-refractivity contribution is 7.52. The van der Waals surface area contributed by atoms with Crippen molar-refractivity contribution >= 4 is 13.8 Å². The van der Waals surface area contributed by atoms with Crippen molar-refractivity contribution in [3.63, 3.8) is 0 Å². The fourth-order valence-electron chi connectivity index (χ4n) is 0.933. The molecule has 2 N–H and O–H groups in total. The molecule has 0 aliphatic carbocycles. The lowest BCUT2D eigenvalue weighted by atomic mass is 10.2. The van der Waals surface area contributed by atoms with Gasteiger partial charge in [-0.25, -0.2) is 0 Å². The summed E-state index contributed by atoms with van der Waals surface area (Å²) in [5.41, 5.74) is 1.97. The molecule has 1 rings (SSSR count). The average molecular weight is 227 g/mol. The molecule has 0 saturated carbocycles. The number of rotatable bonds is 3. The first-order chi connectivity index (χ1) is 6.89. The first-order valence-corrected chi connectivity index (χ1v) is 6.23. The van der Waals surface area contributed by atoms with Crippen LogP contribution in [0.3, 0.4) is 0 Å². The van der Waals surface area contributed by atoms with Crippen LogP contribution in [0.4, 0.5) is 0 Å². The summed E-state index contributed by atoms with van der Waals surface area (Å²) in [4.78, 5) is 21.4. The van der Waals surface area contributed by atoms with Gasteiger partial charge in [0.05, 0.1) is 0 Å². The zero-order valence-electron chi connectivity index (χ0n) is 8.66. The summed E-state index contributed by atoms with van der Waals surface area (Å²) >= 11 is 0. The second-order valence-electron chi connectivity index (χ2n) is 3.41. The minimum atomic E-state index is -4.10. The third kappa shape index (κ3) is 3.96. The lowest BCUT2D eigenvalue weighted by Crippen LogP contribution is -1.99. The summed E-state index contributed by atoms with van der Waals surface area (Å²) < 4.78 is 10.8. The maximum absolute atomic E-state index is 10.8. The summed E-state index contributed by atoms with van der Waals surface area (Å²) in [7, 11) is -4.10. The van der Waals surface area contributed by atoms with E-state index in [2.05, 4.69) is 4.99 Å². The minimum absolute atomic E-state index is 0.834. The Kier molecular flexibility index (Phi) is 3.80. The van der Waals surface area contributed by atoms with Crippen LogP contribution in [0, 0.1) is 6.92 Å². The molecule has 0 heterocycles. The third-order valence-electron chi connectivity index (χ3n) is 2.00. The van der Waals surface area contributed by atoms with E-state index in [0.29, 0.717) is 0 Å². The van der Waals surface area contributed by atoms with Gasteiger partial charge in [-0.2, -0.15) is 0 Å². The van der Waals surface area contributed by atoms with E-state index in [1.165, 1.54) is 13.1 Å². The molecule has 0 bridgehead atoms. The van der Waals surface area contributed by atoms with Crippen molar-refractivity contribution < 1.29 is 14.4 Å². The number of aryl methyl sites for hydroxylation is 1. The molecule has 0 radical (unpaired) electrons. The number of nitrogens with zero attached hydrogens (tertiary/aromatic N) is 1. The maximum atomic E-state index is 10.8. The Morgan fingerprint density at radius 3 is 2.33 bits per heavy atom. The summed E-state index contributed by atoms with van der Waals surface area (Å²) in [6.07, 6.45) is 1.48. The summed E-state index contributed by atoms with van der Waals surface area (Å²) in [5.74, 6) is -0.987. The van der Waals surface area contributed by atoms with Crippen molar-refractivity contribution in [2.45, 2.75) is 19.6 Å². The molecule has 82 valence electrons. The van der Waals surface area contributed by atoms with Crippen molar-refractivity contribution in [3.05, 3.63) is 35.4 Å². The Morgan fingerprint density at radius 1 is 1.33 bits per heavy atom. The largest absolute Gasteiger partial charge is 0.349 e. The van der Waals surface area contributed by atoms with Crippen LogP contribution < -0.4 is 0 Å². The predicted molar refractivity (Wildman–Crippen MR) is 60.3 cm³/mol. The van der Waals surface area contributed by atoms with Gasteiger partial charge in [0.15, 0.2) is 0 Å². The zero-order valence-corrected chi connectivity index (χ0v) is 9.56. The number of hydrogen-bond acceptors (Lipinski definition) is 2. The molecule has 15 heavy (non-hydrogen) atoms. The van der Waals surface area contributed by atoms with Crippen LogP contribution in [0.2, 0.25) is 0 Å². The zero-order chi connectivity index (χ0) is 11.5. The molecule has 0 aliphatic rings. The van der Waals surface area contributed by atoms with Crippen LogP contribution in [0.25, 0.3) is 0 Å². The monoisotopic (exact) mass is 227 g/mol. The van der Waals surface area contributed by atoms with Crippen molar-refractivity contribution in [3.8, 4) is 0 Å². The molecule has 0 spiro atoms. The topological polar surface area (TPSA) is 69.9 Å². The molecule has 5 heteroatoms. The average Bonchev–Trinajstić information content (AvgIpc) is 2.15. The van der Waals surface area contributed by atoms with Crippen molar-refractivity contribution in [2.24, 2.45) is 4.99 Å². The van der Waals surface area contributed by atoms with Crippen LogP contribution >= 0.6 is 7.60 Å². The van der Waals surface area contributed by atoms with E-state index in [1.807, 2.05) is 31.2 Å². The van der Waals surface area contributed by atoms with E-state index in [1.54, 1.807) is 0 Å². The Balaban J connectivity index is 2.74. The molecule has 1 atom stereocenters. The second kappa shape index (κ2) is 4.71. The molecule has 1 aromatic rings. The Bertz CT molecular complexity index is 394. The summed E-state index contributed by atoms with van der Waals surface area (Å²) in [6.45, 7) is 3.37. The first-order valence-electron chi connectivity index (χ1n) is 4.54. The predicted octanol–water partition coefficient (Wildman–Crippen LogP) is 1.94. The van der Waals surface area contributed by atoms with Gasteiger partial charge >= 0.3 is 7.60 Å². The Labute approximate surface area is 88.8 Å². The number of aliphatic imine (C=N–C) groups is 1. The van der Waals surface area contributed by atoms with Crippen molar-refractivity contribution in [1.82, 2.24) is 0 Å². The molecule has 4 nitrogen and oxygen atoms in total. The first kappa shape index (κ1) is 12.1. The highest BCUT2D eigenvalue weighted by atomic mass is 31.2. The molecule has 0 aliphatic heterocycles. The van der Waals surface area contributed by atoms with Gasteiger partial charge < -0.3 is 9.79 Å². The van der Waals surface area contributed by atoms with E-state index in [9.17, 15) is 4.57 Å². The van der Waals surface area contributed by atoms with Gasteiger partial charge in [0.1, 0.15) is 5.78 Å². The Hall–Kier alpha value is -0.960. The van der Waals surface area contributed by atoms with E-state index in [0.717, 1.165) is 11.1 Å². The van der Waals surface area contributed by atoms with Crippen LogP contribution in [-0.4, -0.2) is 21.8 Å². The maximum Gasteiger partial charge on any atom is 0.349 e. The molecule has 0 amide bonds. The van der Waals surface area contributed by atoms with Crippen LogP contribution in [0.15, 0.2) is 29.3 Å². The second-order valence-corrected chi connectivity index (χ2v) is 5.34.